The Morgan fingerprint density at radius 1 is 0.576 bits per heavy atom. The Morgan fingerprint density at radius 3 is 1.82 bits per heavy atom. The Bertz CT molecular complexity index is 2430. The Labute approximate surface area is 492 Å². The zero-order valence-electron chi connectivity index (χ0n) is 49.3. The molecule has 5 aliphatic carbocycles. The molecule has 27 nitrogen and oxygen atoms in total. The van der Waals surface area contributed by atoms with E-state index in [4.69, 9.17) is 47.4 Å². The predicted molar refractivity (Wildman–Crippen MR) is 284 cm³/mol. The molecule has 0 bridgehead atoms. The van der Waals surface area contributed by atoms with Gasteiger partial charge in [0, 0.05) is 0 Å². The first-order valence-electron chi connectivity index (χ1n) is 30.1. The maximum Gasteiger partial charge on any atom is 0.335 e. The first kappa shape index (κ1) is 65.7. The zero-order chi connectivity index (χ0) is 62.2. The van der Waals surface area contributed by atoms with Gasteiger partial charge in [0.25, 0.3) is 0 Å². The van der Waals surface area contributed by atoms with Gasteiger partial charge in [-0.3, -0.25) is 4.79 Å². The van der Waals surface area contributed by atoms with E-state index in [2.05, 4.69) is 54.5 Å². The summed E-state index contributed by atoms with van der Waals surface area (Å²) in [5, 5.41) is 163. The third-order valence-corrected chi connectivity index (χ3v) is 22.7. The minimum Gasteiger partial charge on any atom is -0.479 e. The summed E-state index contributed by atoms with van der Waals surface area (Å²) in [6, 6.07) is 0. The molecule has 0 aromatic heterocycles. The van der Waals surface area contributed by atoms with Crippen molar-refractivity contribution in [2.75, 3.05) is 19.8 Å². The highest BCUT2D eigenvalue weighted by Gasteiger charge is 2.72. The highest BCUT2D eigenvalue weighted by Crippen LogP contribution is 2.76. The fourth-order valence-corrected chi connectivity index (χ4v) is 17.5. The maximum atomic E-state index is 15.6. The van der Waals surface area contributed by atoms with Gasteiger partial charge in [-0.25, -0.2) is 4.79 Å². The second-order valence-corrected chi connectivity index (χ2v) is 28.3. The lowest BCUT2D eigenvalue weighted by molar-refractivity contribution is -0.392. The Balaban J connectivity index is 0.903. The van der Waals surface area contributed by atoms with Crippen LogP contribution in [0.4, 0.5) is 0 Å². The number of aliphatic hydroxyl groups is 14. The summed E-state index contributed by atoms with van der Waals surface area (Å²) in [6.07, 6.45) is -35.0. The highest BCUT2D eigenvalue weighted by molar-refractivity contribution is 5.80. The van der Waals surface area contributed by atoms with Gasteiger partial charge in [-0.05, 0) is 110 Å². The van der Waals surface area contributed by atoms with Crippen LogP contribution in [0.3, 0.4) is 0 Å². The number of carbonyl (C=O) groups excluding carboxylic acids is 1. The number of rotatable bonds is 12. The number of carboxylic acid groups (broad SMARTS) is 1. The highest BCUT2D eigenvalue weighted by atomic mass is 16.8. The minimum absolute atomic E-state index is 0.0487. The molecular weight excluding hydrogens is 1130 g/mol. The molecule has 486 valence electrons. The molecule has 0 amide bonds. The molecule has 5 saturated heterocycles. The number of hydrogen-bond donors (Lipinski definition) is 15. The molecule has 10 rings (SSSR count). The van der Waals surface area contributed by atoms with Crippen molar-refractivity contribution in [1.29, 1.82) is 0 Å². The number of aliphatic carboxylic acids is 1. The standard InChI is InChI=1S/C58H92O27/c1-22-42(81-47-38(69)32(63)25(60)20-76-47)43(82-48-39(70)35(66)34(65)27(19-59)79-48)41(72)50(78-22)84-45-33(64)26(61)21-77-51(45)85-52(75)58-16-15-53(2,3)17-24(58)23-9-10-29-55(6)13-12-31(80-49-40(71)36(67)37(68)44(83-49)46(73)74)54(4,5)28(55)11-14-56(29,7)57(23,8)18-30(58)62/h9,22,24-45,47-51,59-72H,10-21H2,1-8H3,(H,73,74). The zero-order valence-corrected chi connectivity index (χ0v) is 49.3. The van der Waals surface area contributed by atoms with Crippen molar-refractivity contribution in [3.63, 3.8) is 0 Å². The van der Waals surface area contributed by atoms with Crippen LogP contribution in [0.1, 0.15) is 113 Å². The van der Waals surface area contributed by atoms with E-state index >= 15 is 4.79 Å². The van der Waals surface area contributed by atoms with Gasteiger partial charge >= 0.3 is 11.9 Å². The molecule has 0 aromatic carbocycles. The van der Waals surface area contributed by atoms with Gasteiger partial charge in [0.1, 0.15) is 97.0 Å². The summed E-state index contributed by atoms with van der Waals surface area (Å²) in [5.41, 5.74) is -2.75. The molecule has 4 saturated carbocycles. The van der Waals surface area contributed by atoms with Crippen LogP contribution in [0.2, 0.25) is 0 Å². The molecule has 5 aliphatic heterocycles. The summed E-state index contributed by atoms with van der Waals surface area (Å²) in [6.45, 7) is 14.8. The van der Waals surface area contributed by atoms with E-state index in [-0.39, 0.29) is 35.5 Å². The predicted octanol–water partition coefficient (Wildman–Crippen LogP) is -2.84. The van der Waals surface area contributed by atoms with Crippen LogP contribution in [-0.2, 0) is 57.0 Å². The molecule has 27 heteroatoms. The van der Waals surface area contributed by atoms with E-state index in [1.54, 1.807) is 0 Å². The van der Waals surface area contributed by atoms with Gasteiger partial charge in [-0.15, -0.1) is 0 Å². The SMILES string of the molecule is CC1OC(OC2C(OC(=O)C34CCC(C)(C)CC3C3=CCC5C6(C)CCC(OC7OC(C(=O)O)C(O)C(O)C7O)C(C)(C)C6CCC5(C)C3(C)CC4O)OCC(O)C2O)C(O)C(OC2OC(CO)C(O)C(O)C2O)C1OC1OCC(O)C(O)C1O. The number of carboxylic acids is 1. The van der Waals surface area contributed by atoms with Crippen LogP contribution in [0.15, 0.2) is 11.6 Å². The van der Waals surface area contributed by atoms with Crippen LogP contribution in [0, 0.1) is 50.2 Å². The average Bonchev–Trinajstić information content (AvgIpc) is 0.734. The number of esters is 1. The van der Waals surface area contributed by atoms with Crippen LogP contribution in [0.5, 0.6) is 0 Å². The number of hydrogen-bond acceptors (Lipinski definition) is 26. The van der Waals surface area contributed by atoms with Crippen LogP contribution in [-0.4, -0.2) is 262 Å². The molecule has 10 aliphatic rings. The number of aliphatic hydroxyl groups excluding tert-OH is 14. The second kappa shape index (κ2) is 23.8. The van der Waals surface area contributed by atoms with E-state index in [1.165, 1.54) is 6.92 Å². The van der Waals surface area contributed by atoms with Gasteiger partial charge in [0.15, 0.2) is 37.4 Å². The van der Waals surface area contributed by atoms with Crippen molar-refractivity contribution in [2.45, 2.75) is 267 Å². The van der Waals surface area contributed by atoms with Crippen molar-refractivity contribution in [1.82, 2.24) is 0 Å². The number of ether oxygens (including phenoxy) is 10. The van der Waals surface area contributed by atoms with Gasteiger partial charge in [0.05, 0.1) is 38.1 Å². The van der Waals surface area contributed by atoms with Crippen LogP contribution >= 0.6 is 0 Å². The number of allylic oxidation sites excluding steroid dienone is 2. The normalized spacial score (nSPS) is 54.1. The average molecular weight is 1220 g/mol. The van der Waals surface area contributed by atoms with Gasteiger partial charge in [-0.2, -0.15) is 0 Å². The summed E-state index contributed by atoms with van der Waals surface area (Å²) in [7, 11) is 0. The van der Waals surface area contributed by atoms with E-state index in [9.17, 15) is 81.4 Å². The number of carbonyl (C=O) groups is 2. The fraction of sp³-hybridized carbons (Fsp3) is 0.931. The topological polar surface area (TPSA) is 430 Å². The van der Waals surface area contributed by atoms with E-state index < -0.39 is 213 Å². The lowest BCUT2D eigenvalue weighted by atomic mass is 9.33. The summed E-state index contributed by atoms with van der Waals surface area (Å²) in [4.78, 5) is 27.5. The quantitative estimate of drug-likeness (QED) is 0.0532. The van der Waals surface area contributed by atoms with Gasteiger partial charge < -0.3 is 124 Å². The smallest absolute Gasteiger partial charge is 0.335 e. The molecule has 9 fully saturated rings. The summed E-state index contributed by atoms with van der Waals surface area (Å²) < 4.78 is 59.9. The first-order chi connectivity index (χ1) is 39.7. The summed E-state index contributed by atoms with van der Waals surface area (Å²) in [5.74, 6) is -2.78. The molecule has 15 N–H and O–H groups in total. The van der Waals surface area contributed by atoms with Crippen molar-refractivity contribution in [2.24, 2.45) is 50.2 Å². The Hall–Kier alpha value is -2.24. The van der Waals surface area contributed by atoms with Crippen molar-refractivity contribution >= 4 is 11.9 Å². The summed E-state index contributed by atoms with van der Waals surface area (Å²) >= 11 is 0. The molecule has 85 heavy (non-hydrogen) atoms. The largest absolute Gasteiger partial charge is 0.479 e. The third-order valence-electron chi connectivity index (χ3n) is 22.7. The van der Waals surface area contributed by atoms with Crippen LogP contribution in [0.25, 0.3) is 0 Å². The molecule has 0 aromatic rings. The van der Waals surface area contributed by atoms with E-state index in [1.807, 2.05) is 0 Å². The second-order valence-electron chi connectivity index (χ2n) is 28.3. The van der Waals surface area contributed by atoms with Crippen molar-refractivity contribution in [3.8, 4) is 0 Å². The Morgan fingerprint density at radius 2 is 1.16 bits per heavy atom. The Kier molecular flexibility index (Phi) is 18.4. The molecule has 0 radical (unpaired) electrons. The van der Waals surface area contributed by atoms with Crippen LogP contribution < -0.4 is 0 Å². The third kappa shape index (κ3) is 10.9. The minimum atomic E-state index is -2.06. The van der Waals surface area contributed by atoms with Gasteiger partial charge in [-0.1, -0.05) is 60.1 Å². The molecular formula is C58H92O27. The lowest BCUT2D eigenvalue weighted by Gasteiger charge is -2.71. The molecule has 0 spiro atoms. The lowest BCUT2D eigenvalue weighted by Crippen LogP contribution is -2.68. The number of fused-ring (bicyclic) bond motifs is 7. The molecule has 32 atom stereocenters. The molecule has 5 heterocycles. The first-order valence-corrected chi connectivity index (χ1v) is 30.1. The van der Waals surface area contributed by atoms with E-state index in [0.29, 0.717) is 32.1 Å². The van der Waals surface area contributed by atoms with Gasteiger partial charge in [0.2, 0.25) is 6.29 Å². The molecule has 32 unspecified atom stereocenters. The fourth-order valence-electron chi connectivity index (χ4n) is 17.5. The monoisotopic (exact) mass is 1220 g/mol. The van der Waals surface area contributed by atoms with Crippen molar-refractivity contribution < 1.29 is 134 Å². The maximum absolute atomic E-state index is 15.6. The van der Waals surface area contributed by atoms with Crippen molar-refractivity contribution in [3.05, 3.63) is 11.6 Å². The van der Waals surface area contributed by atoms with E-state index in [0.717, 1.165) is 18.4 Å².